The number of rotatable bonds is 4. The average molecular weight is 284 g/mol. The van der Waals surface area contributed by atoms with Crippen LogP contribution >= 0.6 is 11.6 Å². The summed E-state index contributed by atoms with van der Waals surface area (Å²) < 4.78 is 0. The molecule has 5 nitrogen and oxygen atoms in total. The third-order valence-electron chi connectivity index (χ3n) is 3.69. The monoisotopic (exact) mass is 283 g/mol. The molecule has 1 aromatic rings. The van der Waals surface area contributed by atoms with Crippen molar-refractivity contribution in [1.29, 1.82) is 0 Å². The van der Waals surface area contributed by atoms with Crippen LogP contribution in [0.4, 0.5) is 11.4 Å². The Morgan fingerprint density at radius 1 is 1.47 bits per heavy atom. The minimum atomic E-state index is -0.435. The lowest BCUT2D eigenvalue weighted by Crippen LogP contribution is -2.39. The van der Waals surface area contributed by atoms with Crippen LogP contribution in [0.5, 0.6) is 0 Å². The molecule has 1 aliphatic heterocycles. The zero-order valence-electron chi connectivity index (χ0n) is 10.9. The summed E-state index contributed by atoms with van der Waals surface area (Å²) in [6.07, 6.45) is 2.13. The van der Waals surface area contributed by atoms with Crippen molar-refractivity contribution in [2.75, 3.05) is 25.0 Å². The van der Waals surface area contributed by atoms with Crippen molar-refractivity contribution >= 4 is 23.0 Å². The highest BCUT2D eigenvalue weighted by Gasteiger charge is 2.27. The number of nitrogens with one attached hydrogen (secondary N) is 2. The normalized spacial score (nSPS) is 18.0. The maximum atomic E-state index is 11.0. The largest absolute Gasteiger partial charge is 0.379 e. The fourth-order valence-electron chi connectivity index (χ4n) is 2.36. The van der Waals surface area contributed by atoms with E-state index in [1.807, 2.05) is 0 Å². The number of nitro benzene ring substituents is 1. The van der Waals surface area contributed by atoms with Gasteiger partial charge in [0.1, 0.15) is 10.7 Å². The molecule has 0 saturated carbocycles. The van der Waals surface area contributed by atoms with Gasteiger partial charge in [0.2, 0.25) is 0 Å². The number of halogens is 1. The van der Waals surface area contributed by atoms with Gasteiger partial charge < -0.3 is 10.6 Å². The van der Waals surface area contributed by atoms with Crippen LogP contribution in [-0.2, 0) is 0 Å². The van der Waals surface area contributed by atoms with Gasteiger partial charge in [0, 0.05) is 6.54 Å². The van der Waals surface area contributed by atoms with Crippen molar-refractivity contribution in [2.24, 2.45) is 5.41 Å². The summed E-state index contributed by atoms with van der Waals surface area (Å²) in [4.78, 5) is 10.6. The topological polar surface area (TPSA) is 67.2 Å². The summed E-state index contributed by atoms with van der Waals surface area (Å²) in [5.41, 5.74) is 0.625. The molecule has 0 atom stereocenters. The van der Waals surface area contributed by atoms with Crippen LogP contribution in [0.3, 0.4) is 0 Å². The van der Waals surface area contributed by atoms with E-state index < -0.39 is 4.92 Å². The van der Waals surface area contributed by atoms with E-state index in [0.717, 1.165) is 32.5 Å². The van der Waals surface area contributed by atoms with Crippen LogP contribution in [0.1, 0.15) is 19.8 Å². The number of para-hydroxylation sites is 1. The molecular weight excluding hydrogens is 266 g/mol. The van der Waals surface area contributed by atoms with Gasteiger partial charge in [-0.25, -0.2) is 0 Å². The highest BCUT2D eigenvalue weighted by Crippen LogP contribution is 2.34. The maximum Gasteiger partial charge on any atom is 0.310 e. The van der Waals surface area contributed by atoms with E-state index >= 15 is 0 Å². The Bertz CT molecular complexity index is 473. The van der Waals surface area contributed by atoms with Gasteiger partial charge in [-0.15, -0.1) is 0 Å². The second-order valence-corrected chi connectivity index (χ2v) is 5.71. The standard InChI is InChI=1S/C13H18ClN3O2/c1-13(5-7-15-8-6-13)9-16-11-4-2-3-10(14)12(11)17(18)19/h2-4,15-16H,5-9H2,1H3. The molecule has 2 N–H and O–H groups in total. The Morgan fingerprint density at radius 2 is 2.16 bits per heavy atom. The minimum Gasteiger partial charge on any atom is -0.379 e. The van der Waals surface area contributed by atoms with Gasteiger partial charge in [0.25, 0.3) is 0 Å². The first kappa shape index (κ1) is 14.1. The molecule has 0 bridgehead atoms. The van der Waals surface area contributed by atoms with Crippen LogP contribution in [0, 0.1) is 15.5 Å². The number of hydrogen-bond donors (Lipinski definition) is 2. The van der Waals surface area contributed by atoms with Crippen LogP contribution in [-0.4, -0.2) is 24.6 Å². The number of anilines is 1. The van der Waals surface area contributed by atoms with E-state index in [0.29, 0.717) is 5.69 Å². The Balaban J connectivity index is 2.11. The van der Waals surface area contributed by atoms with Gasteiger partial charge in [-0.3, -0.25) is 10.1 Å². The van der Waals surface area contributed by atoms with Crippen molar-refractivity contribution in [3.8, 4) is 0 Å². The number of hydrogen-bond acceptors (Lipinski definition) is 4. The van der Waals surface area contributed by atoms with E-state index in [4.69, 9.17) is 11.6 Å². The molecule has 6 heteroatoms. The van der Waals surface area contributed by atoms with Crippen molar-refractivity contribution in [3.63, 3.8) is 0 Å². The molecule has 0 spiro atoms. The fraction of sp³-hybridized carbons (Fsp3) is 0.538. The molecule has 2 rings (SSSR count). The van der Waals surface area contributed by atoms with Crippen molar-refractivity contribution in [1.82, 2.24) is 5.32 Å². The number of nitrogens with zero attached hydrogens (tertiary/aromatic N) is 1. The molecule has 0 aliphatic carbocycles. The SMILES string of the molecule is CC1(CNc2cccc(Cl)c2[N+](=O)[O-])CCNCC1. The van der Waals surface area contributed by atoms with E-state index in [1.54, 1.807) is 12.1 Å². The minimum absolute atomic E-state index is 0.0401. The lowest BCUT2D eigenvalue weighted by molar-refractivity contribution is -0.383. The molecule has 1 saturated heterocycles. The first-order chi connectivity index (χ1) is 9.02. The first-order valence-corrected chi connectivity index (χ1v) is 6.77. The molecule has 0 radical (unpaired) electrons. The highest BCUT2D eigenvalue weighted by atomic mass is 35.5. The zero-order valence-corrected chi connectivity index (χ0v) is 11.7. The van der Waals surface area contributed by atoms with Crippen LogP contribution < -0.4 is 10.6 Å². The molecule has 1 aromatic carbocycles. The fourth-order valence-corrected chi connectivity index (χ4v) is 2.60. The third kappa shape index (κ3) is 3.36. The van der Waals surface area contributed by atoms with Crippen LogP contribution in [0.25, 0.3) is 0 Å². The van der Waals surface area contributed by atoms with E-state index in [1.165, 1.54) is 6.07 Å². The smallest absolute Gasteiger partial charge is 0.310 e. The maximum absolute atomic E-state index is 11.0. The second-order valence-electron chi connectivity index (χ2n) is 5.31. The lowest BCUT2D eigenvalue weighted by Gasteiger charge is -2.34. The van der Waals surface area contributed by atoms with Gasteiger partial charge in [-0.05, 0) is 43.5 Å². The predicted molar refractivity (Wildman–Crippen MR) is 76.8 cm³/mol. The molecule has 1 heterocycles. The molecular formula is C13H18ClN3O2. The summed E-state index contributed by atoms with van der Waals surface area (Å²) in [5.74, 6) is 0. The van der Waals surface area contributed by atoms with E-state index in [9.17, 15) is 10.1 Å². The first-order valence-electron chi connectivity index (χ1n) is 6.39. The Hall–Kier alpha value is -1.33. The second kappa shape index (κ2) is 5.75. The summed E-state index contributed by atoms with van der Waals surface area (Å²) in [5, 5.41) is 17.7. The molecule has 0 unspecified atom stereocenters. The third-order valence-corrected chi connectivity index (χ3v) is 3.99. The van der Waals surface area contributed by atoms with Crippen molar-refractivity contribution < 1.29 is 4.92 Å². The number of nitro groups is 1. The van der Waals surface area contributed by atoms with Crippen LogP contribution in [0.2, 0.25) is 5.02 Å². The van der Waals surface area contributed by atoms with E-state index in [2.05, 4.69) is 17.6 Å². The van der Waals surface area contributed by atoms with Gasteiger partial charge in [-0.2, -0.15) is 0 Å². The Kier molecular flexibility index (Phi) is 4.27. The summed E-state index contributed by atoms with van der Waals surface area (Å²) in [7, 11) is 0. The molecule has 1 aliphatic rings. The summed E-state index contributed by atoms with van der Waals surface area (Å²) >= 11 is 5.89. The Morgan fingerprint density at radius 3 is 2.79 bits per heavy atom. The molecule has 19 heavy (non-hydrogen) atoms. The molecule has 0 amide bonds. The molecule has 104 valence electrons. The van der Waals surface area contributed by atoms with Gasteiger partial charge in [0.05, 0.1) is 4.92 Å². The molecule has 0 aromatic heterocycles. The van der Waals surface area contributed by atoms with E-state index in [-0.39, 0.29) is 16.1 Å². The quantitative estimate of drug-likeness (QED) is 0.658. The highest BCUT2D eigenvalue weighted by molar-refractivity contribution is 6.33. The van der Waals surface area contributed by atoms with Gasteiger partial charge >= 0.3 is 5.69 Å². The van der Waals surface area contributed by atoms with Crippen molar-refractivity contribution in [3.05, 3.63) is 33.3 Å². The zero-order chi connectivity index (χ0) is 13.9. The van der Waals surface area contributed by atoms with Crippen LogP contribution in [0.15, 0.2) is 18.2 Å². The van der Waals surface area contributed by atoms with Gasteiger partial charge in [0.15, 0.2) is 0 Å². The lowest BCUT2D eigenvalue weighted by atomic mass is 9.81. The average Bonchev–Trinajstić information content (AvgIpc) is 2.37. The Labute approximate surface area is 117 Å². The van der Waals surface area contributed by atoms with Gasteiger partial charge in [-0.1, -0.05) is 24.6 Å². The summed E-state index contributed by atoms with van der Waals surface area (Å²) in [6.45, 7) is 4.92. The number of piperidine rings is 1. The number of benzene rings is 1. The molecule has 1 fully saturated rings. The van der Waals surface area contributed by atoms with Crippen molar-refractivity contribution in [2.45, 2.75) is 19.8 Å². The predicted octanol–water partition coefficient (Wildman–Crippen LogP) is 3.05. The summed E-state index contributed by atoms with van der Waals surface area (Å²) in [6, 6.07) is 4.97.